The van der Waals surface area contributed by atoms with Gasteiger partial charge in [0.15, 0.2) is 5.75 Å². The fourth-order valence-electron chi connectivity index (χ4n) is 2.84. The summed E-state index contributed by atoms with van der Waals surface area (Å²) >= 11 is 0. The summed E-state index contributed by atoms with van der Waals surface area (Å²) in [4.78, 5) is 12.4. The number of rotatable bonds is 4. The lowest BCUT2D eigenvalue weighted by Crippen LogP contribution is -2.21. The highest BCUT2D eigenvalue weighted by molar-refractivity contribution is 5.96. The molecule has 1 N–H and O–H groups in total. The number of nitrogens with one attached hydrogen (secondary N) is 1. The van der Waals surface area contributed by atoms with Crippen LogP contribution in [0.1, 0.15) is 27.7 Å². The molecule has 0 aliphatic heterocycles. The van der Waals surface area contributed by atoms with Crippen molar-refractivity contribution < 1.29 is 22.7 Å². The maximum atomic E-state index is 12.4. The first-order valence-corrected chi connectivity index (χ1v) is 7.33. The third-order valence-electron chi connectivity index (χ3n) is 4.08. The lowest BCUT2D eigenvalue weighted by Gasteiger charge is -2.14. The Hall–Kier alpha value is -1.98. The summed E-state index contributed by atoms with van der Waals surface area (Å²) in [6.07, 6.45) is -2.77. The number of anilines is 1. The maximum absolute atomic E-state index is 12.4. The second-order valence-corrected chi connectivity index (χ2v) is 6.60. The van der Waals surface area contributed by atoms with Gasteiger partial charge >= 0.3 is 6.36 Å². The Morgan fingerprint density at radius 3 is 2.43 bits per heavy atom. The minimum Gasteiger partial charge on any atom is -0.404 e. The third-order valence-corrected chi connectivity index (χ3v) is 4.08. The maximum Gasteiger partial charge on any atom is 0.573 e. The molecule has 1 fully saturated rings. The van der Waals surface area contributed by atoms with Crippen molar-refractivity contribution in [1.29, 1.82) is 0 Å². The van der Waals surface area contributed by atoms with E-state index in [-0.39, 0.29) is 28.8 Å². The predicted molar refractivity (Wildman–Crippen MR) is 81.9 cm³/mol. The number of amides is 1. The molecule has 3 nitrogen and oxygen atoms in total. The summed E-state index contributed by atoms with van der Waals surface area (Å²) < 4.78 is 41.2. The molecule has 1 aromatic rings. The molecule has 0 heterocycles. The molecule has 6 heteroatoms. The van der Waals surface area contributed by atoms with E-state index in [4.69, 9.17) is 0 Å². The number of halogens is 3. The summed E-state index contributed by atoms with van der Waals surface area (Å²) in [6.45, 7) is 7.85. The van der Waals surface area contributed by atoms with Crippen LogP contribution in [0, 0.1) is 17.3 Å². The quantitative estimate of drug-likeness (QED) is 0.810. The van der Waals surface area contributed by atoms with Crippen LogP contribution in [0.5, 0.6) is 5.75 Å². The topological polar surface area (TPSA) is 38.3 Å². The number of allylic oxidation sites excluding steroid dienone is 2. The van der Waals surface area contributed by atoms with Crippen LogP contribution >= 0.6 is 0 Å². The first-order valence-electron chi connectivity index (χ1n) is 7.33. The van der Waals surface area contributed by atoms with Crippen LogP contribution in [0.25, 0.3) is 0 Å². The van der Waals surface area contributed by atoms with Crippen molar-refractivity contribution in [2.75, 3.05) is 5.32 Å². The van der Waals surface area contributed by atoms with Crippen LogP contribution < -0.4 is 10.1 Å². The first-order chi connectivity index (χ1) is 10.5. The zero-order chi connectivity index (χ0) is 17.4. The number of carbonyl (C=O) groups is 1. The van der Waals surface area contributed by atoms with Crippen LogP contribution in [-0.4, -0.2) is 12.3 Å². The number of hydrogen-bond donors (Lipinski definition) is 1. The van der Waals surface area contributed by atoms with Gasteiger partial charge in [-0.15, -0.1) is 13.2 Å². The largest absolute Gasteiger partial charge is 0.573 e. The van der Waals surface area contributed by atoms with Gasteiger partial charge in [0.05, 0.1) is 11.6 Å². The summed E-state index contributed by atoms with van der Waals surface area (Å²) in [6, 6.07) is 5.53. The van der Waals surface area contributed by atoms with Crippen molar-refractivity contribution in [1.82, 2.24) is 0 Å². The SMILES string of the molecule is CC(C)=C[C@H]1[C@@H](C(=O)Nc2ccccc2OC(F)(F)F)C1(C)C. The van der Waals surface area contributed by atoms with Crippen LogP contribution in [0.2, 0.25) is 0 Å². The Labute approximate surface area is 133 Å². The van der Waals surface area contributed by atoms with Gasteiger partial charge in [-0.1, -0.05) is 37.6 Å². The number of benzene rings is 1. The zero-order valence-electron chi connectivity index (χ0n) is 13.5. The smallest absolute Gasteiger partial charge is 0.404 e. The molecule has 2 rings (SSSR count). The molecule has 0 bridgehead atoms. The normalized spacial score (nSPS) is 22.2. The van der Waals surface area contributed by atoms with Crippen molar-refractivity contribution in [3.8, 4) is 5.75 Å². The monoisotopic (exact) mass is 327 g/mol. The highest BCUT2D eigenvalue weighted by atomic mass is 19.4. The molecule has 1 aliphatic carbocycles. The second kappa shape index (κ2) is 5.91. The van der Waals surface area contributed by atoms with Gasteiger partial charge in [0.25, 0.3) is 0 Å². The molecule has 126 valence electrons. The van der Waals surface area contributed by atoms with Gasteiger partial charge in [0.2, 0.25) is 5.91 Å². The minimum atomic E-state index is -4.80. The molecule has 0 aromatic heterocycles. The Morgan fingerprint density at radius 1 is 1.26 bits per heavy atom. The number of ether oxygens (including phenoxy) is 1. The fourth-order valence-corrected chi connectivity index (χ4v) is 2.84. The van der Waals surface area contributed by atoms with E-state index in [1.807, 2.05) is 33.8 Å². The van der Waals surface area contributed by atoms with E-state index in [1.54, 1.807) is 6.07 Å². The summed E-state index contributed by atoms with van der Waals surface area (Å²) in [5.41, 5.74) is 0.925. The van der Waals surface area contributed by atoms with Crippen molar-refractivity contribution in [3.05, 3.63) is 35.9 Å². The van der Waals surface area contributed by atoms with Gasteiger partial charge < -0.3 is 10.1 Å². The predicted octanol–water partition coefficient (Wildman–Crippen LogP) is 4.76. The van der Waals surface area contributed by atoms with E-state index in [9.17, 15) is 18.0 Å². The molecule has 0 spiro atoms. The summed E-state index contributed by atoms with van der Waals surface area (Å²) in [5, 5.41) is 2.56. The van der Waals surface area contributed by atoms with Crippen LogP contribution in [0.15, 0.2) is 35.9 Å². The number of carbonyl (C=O) groups excluding carboxylic acids is 1. The summed E-state index contributed by atoms with van der Waals surface area (Å²) in [7, 11) is 0. The van der Waals surface area contributed by atoms with Crippen LogP contribution in [-0.2, 0) is 4.79 Å². The molecule has 0 unspecified atom stereocenters. The van der Waals surface area contributed by atoms with Gasteiger partial charge in [-0.3, -0.25) is 4.79 Å². The Kier molecular flexibility index (Phi) is 4.46. The van der Waals surface area contributed by atoms with Crippen molar-refractivity contribution in [2.24, 2.45) is 17.3 Å². The molecule has 0 saturated heterocycles. The third kappa shape index (κ3) is 4.06. The number of alkyl halides is 3. The fraction of sp³-hybridized carbons (Fsp3) is 0.471. The van der Waals surface area contributed by atoms with E-state index >= 15 is 0 Å². The van der Waals surface area contributed by atoms with E-state index in [1.165, 1.54) is 18.2 Å². The van der Waals surface area contributed by atoms with Gasteiger partial charge in [0.1, 0.15) is 0 Å². The number of hydrogen-bond acceptors (Lipinski definition) is 2. The zero-order valence-corrected chi connectivity index (χ0v) is 13.5. The lowest BCUT2D eigenvalue weighted by atomic mass is 10.1. The van der Waals surface area contributed by atoms with Gasteiger partial charge in [-0.05, 0) is 37.3 Å². The molecule has 0 radical (unpaired) electrons. The van der Waals surface area contributed by atoms with Crippen molar-refractivity contribution in [3.63, 3.8) is 0 Å². The molecule has 1 aromatic carbocycles. The Balaban J connectivity index is 2.15. The van der Waals surface area contributed by atoms with Crippen LogP contribution in [0.3, 0.4) is 0 Å². The lowest BCUT2D eigenvalue weighted by molar-refractivity contribution is -0.274. The molecule has 1 aliphatic rings. The molecular weight excluding hydrogens is 307 g/mol. The van der Waals surface area contributed by atoms with Crippen molar-refractivity contribution in [2.45, 2.75) is 34.1 Å². The minimum absolute atomic E-state index is 0.0217. The van der Waals surface area contributed by atoms with Crippen molar-refractivity contribution >= 4 is 11.6 Å². The molecule has 1 amide bonds. The van der Waals surface area contributed by atoms with Gasteiger partial charge in [-0.25, -0.2) is 0 Å². The molecule has 1 saturated carbocycles. The number of para-hydroxylation sites is 2. The average Bonchev–Trinajstić information content (AvgIpc) is 2.90. The summed E-state index contributed by atoms with van der Waals surface area (Å²) in [5.74, 6) is -0.888. The van der Waals surface area contributed by atoms with E-state index in [0.717, 1.165) is 5.57 Å². The van der Waals surface area contributed by atoms with E-state index < -0.39 is 12.1 Å². The molecule has 2 atom stereocenters. The Bertz CT molecular complexity index is 631. The first kappa shape index (κ1) is 17.4. The highest BCUT2D eigenvalue weighted by Gasteiger charge is 2.60. The molecular formula is C17H20F3NO2. The van der Waals surface area contributed by atoms with E-state index in [0.29, 0.717) is 0 Å². The standard InChI is InChI=1S/C17H20F3NO2/c1-10(2)9-11-14(16(11,3)4)15(22)21-12-7-5-6-8-13(12)23-17(18,19)20/h5-9,11,14H,1-4H3,(H,21,22)/t11-,14-/m0/s1. The van der Waals surface area contributed by atoms with Gasteiger partial charge in [0, 0.05) is 0 Å². The molecule has 23 heavy (non-hydrogen) atoms. The second-order valence-electron chi connectivity index (χ2n) is 6.60. The highest BCUT2D eigenvalue weighted by Crippen LogP contribution is 2.59. The van der Waals surface area contributed by atoms with E-state index in [2.05, 4.69) is 10.1 Å². The van der Waals surface area contributed by atoms with Gasteiger partial charge in [-0.2, -0.15) is 0 Å². The van der Waals surface area contributed by atoms with Crippen LogP contribution in [0.4, 0.5) is 18.9 Å². The Morgan fingerprint density at radius 2 is 1.87 bits per heavy atom. The average molecular weight is 327 g/mol.